The second-order valence-electron chi connectivity index (χ2n) is 7.36. The fourth-order valence-corrected chi connectivity index (χ4v) is 5.43. The monoisotopic (exact) mass is 472 g/mol. The Kier molecular flexibility index (Phi) is 6.99. The average Bonchev–Trinajstić information content (AvgIpc) is 2.72. The van der Waals surface area contributed by atoms with Crippen molar-refractivity contribution >= 4 is 21.6 Å². The average molecular weight is 472 g/mol. The Bertz CT molecular complexity index is 1090. The summed E-state index contributed by atoms with van der Waals surface area (Å²) in [6, 6.07) is 8.56. The van der Waals surface area contributed by atoms with Gasteiger partial charge in [-0.25, -0.2) is 8.42 Å². The number of anilines is 1. The standard InChI is InChI=1S/C21H23F3N2O5S/c1-14-6-3-4-11-26(14)32(28,29)19-12-15(9-10-18(19)30-2)20(27)25-16-7-5-8-17(13-16)31-21(22,23)24/h5,7-10,12-14H,3-4,6,11H2,1-2H3,(H,25,27). The third-order valence-electron chi connectivity index (χ3n) is 5.08. The number of carbonyl (C=O) groups is 1. The summed E-state index contributed by atoms with van der Waals surface area (Å²) in [5, 5.41) is 2.45. The molecule has 7 nitrogen and oxygen atoms in total. The lowest BCUT2D eigenvalue weighted by atomic mass is 10.1. The zero-order valence-corrected chi connectivity index (χ0v) is 18.3. The minimum absolute atomic E-state index is 0.0104. The van der Waals surface area contributed by atoms with Gasteiger partial charge in [0.2, 0.25) is 10.0 Å². The number of benzene rings is 2. The number of rotatable bonds is 6. The highest BCUT2D eigenvalue weighted by Crippen LogP contribution is 2.32. The first-order valence-electron chi connectivity index (χ1n) is 9.88. The summed E-state index contributed by atoms with van der Waals surface area (Å²) in [7, 11) is -2.59. The molecule has 0 spiro atoms. The molecule has 0 aliphatic carbocycles. The van der Waals surface area contributed by atoms with Crippen LogP contribution in [0.5, 0.6) is 11.5 Å². The molecule has 1 heterocycles. The first-order chi connectivity index (χ1) is 15.0. The Morgan fingerprint density at radius 1 is 1.16 bits per heavy atom. The summed E-state index contributed by atoms with van der Waals surface area (Å²) in [6.45, 7) is 2.20. The van der Waals surface area contributed by atoms with Gasteiger partial charge < -0.3 is 14.8 Å². The molecule has 0 aromatic heterocycles. The van der Waals surface area contributed by atoms with Gasteiger partial charge in [0, 0.05) is 29.9 Å². The van der Waals surface area contributed by atoms with Crippen LogP contribution in [0.3, 0.4) is 0 Å². The third-order valence-corrected chi connectivity index (χ3v) is 7.11. The maximum Gasteiger partial charge on any atom is 0.573 e. The van der Waals surface area contributed by atoms with Crippen LogP contribution in [0.25, 0.3) is 0 Å². The molecule has 1 aliphatic rings. The highest BCUT2D eigenvalue weighted by atomic mass is 32.2. The van der Waals surface area contributed by atoms with Crippen molar-refractivity contribution < 1.29 is 35.9 Å². The lowest BCUT2D eigenvalue weighted by Gasteiger charge is -2.32. The summed E-state index contributed by atoms with van der Waals surface area (Å²) in [6.07, 6.45) is -2.46. The fraction of sp³-hybridized carbons (Fsp3) is 0.381. The Morgan fingerprint density at radius 2 is 1.91 bits per heavy atom. The normalized spacial score (nSPS) is 17.6. The quantitative estimate of drug-likeness (QED) is 0.673. The Balaban J connectivity index is 1.88. The molecule has 0 bridgehead atoms. The van der Waals surface area contributed by atoms with E-state index in [1.165, 1.54) is 41.7 Å². The molecule has 0 saturated carbocycles. The number of ether oxygens (including phenoxy) is 2. The van der Waals surface area contributed by atoms with Gasteiger partial charge in [-0.1, -0.05) is 12.5 Å². The second kappa shape index (κ2) is 9.37. The summed E-state index contributed by atoms with van der Waals surface area (Å²) in [5.41, 5.74) is 0.0674. The Labute approximate surface area is 184 Å². The second-order valence-corrected chi connectivity index (χ2v) is 9.21. The van der Waals surface area contributed by atoms with Gasteiger partial charge in [-0.2, -0.15) is 4.31 Å². The summed E-state index contributed by atoms with van der Waals surface area (Å²) in [5.74, 6) is -1.09. The highest BCUT2D eigenvalue weighted by Gasteiger charge is 2.34. The van der Waals surface area contributed by atoms with Gasteiger partial charge in [0.25, 0.3) is 5.91 Å². The van der Waals surface area contributed by atoms with Gasteiger partial charge in [0.15, 0.2) is 0 Å². The predicted molar refractivity (Wildman–Crippen MR) is 111 cm³/mol. The SMILES string of the molecule is COc1ccc(C(=O)Nc2cccc(OC(F)(F)F)c2)cc1S(=O)(=O)N1CCCCC1C. The zero-order valence-electron chi connectivity index (χ0n) is 17.5. The molecule has 1 atom stereocenters. The van der Waals surface area contributed by atoms with Crippen LogP contribution in [-0.4, -0.2) is 44.7 Å². The number of hydrogen-bond donors (Lipinski definition) is 1. The van der Waals surface area contributed by atoms with Crippen molar-refractivity contribution in [1.29, 1.82) is 0 Å². The Morgan fingerprint density at radius 3 is 2.56 bits per heavy atom. The van der Waals surface area contributed by atoms with E-state index in [0.29, 0.717) is 6.54 Å². The first kappa shape index (κ1) is 23.9. The van der Waals surface area contributed by atoms with Crippen molar-refractivity contribution in [2.45, 2.75) is 43.5 Å². The van der Waals surface area contributed by atoms with E-state index in [4.69, 9.17) is 4.74 Å². The molecule has 0 radical (unpaired) electrons. The summed E-state index contributed by atoms with van der Waals surface area (Å²) >= 11 is 0. The van der Waals surface area contributed by atoms with Crippen molar-refractivity contribution in [2.75, 3.05) is 19.0 Å². The van der Waals surface area contributed by atoms with Crippen LogP contribution in [0.15, 0.2) is 47.4 Å². The van der Waals surface area contributed by atoms with Gasteiger partial charge in [-0.15, -0.1) is 13.2 Å². The first-order valence-corrected chi connectivity index (χ1v) is 11.3. The summed E-state index contributed by atoms with van der Waals surface area (Å²) < 4.78 is 74.3. The number of hydrogen-bond acceptors (Lipinski definition) is 5. The molecule has 2 aromatic rings. The fourth-order valence-electron chi connectivity index (χ4n) is 3.55. The van der Waals surface area contributed by atoms with E-state index >= 15 is 0 Å². The molecule has 1 saturated heterocycles. The summed E-state index contributed by atoms with van der Waals surface area (Å²) in [4.78, 5) is 12.6. The number of carbonyl (C=O) groups excluding carboxylic acids is 1. The molecule has 1 fully saturated rings. The third kappa shape index (κ3) is 5.52. The van der Waals surface area contributed by atoms with Crippen molar-refractivity contribution in [1.82, 2.24) is 4.31 Å². The highest BCUT2D eigenvalue weighted by molar-refractivity contribution is 7.89. The van der Waals surface area contributed by atoms with Crippen molar-refractivity contribution in [3.63, 3.8) is 0 Å². The van der Waals surface area contributed by atoms with Gasteiger partial charge in [-0.05, 0) is 50.1 Å². The number of amides is 1. The molecule has 2 aromatic carbocycles. The van der Waals surface area contributed by atoms with Crippen LogP contribution in [0.2, 0.25) is 0 Å². The van der Waals surface area contributed by atoms with Crippen LogP contribution >= 0.6 is 0 Å². The number of halogens is 3. The minimum atomic E-state index is -4.87. The molecule has 1 unspecified atom stereocenters. The van der Waals surface area contributed by atoms with Crippen LogP contribution < -0.4 is 14.8 Å². The molecule has 32 heavy (non-hydrogen) atoms. The Hall–Kier alpha value is -2.79. The van der Waals surface area contributed by atoms with E-state index in [1.54, 1.807) is 0 Å². The number of nitrogens with one attached hydrogen (secondary N) is 1. The van der Waals surface area contributed by atoms with Crippen molar-refractivity contribution in [3.8, 4) is 11.5 Å². The maximum atomic E-state index is 13.3. The van der Waals surface area contributed by atoms with E-state index < -0.39 is 28.0 Å². The minimum Gasteiger partial charge on any atom is -0.495 e. The van der Waals surface area contributed by atoms with Gasteiger partial charge in [0.1, 0.15) is 16.4 Å². The number of piperidine rings is 1. The smallest absolute Gasteiger partial charge is 0.495 e. The molecule has 1 aliphatic heterocycles. The van der Waals surface area contributed by atoms with Crippen molar-refractivity contribution in [3.05, 3.63) is 48.0 Å². The van der Waals surface area contributed by atoms with E-state index in [2.05, 4.69) is 10.1 Å². The number of alkyl halides is 3. The molecule has 3 rings (SSSR count). The zero-order chi connectivity index (χ0) is 23.5. The largest absolute Gasteiger partial charge is 0.573 e. The molecule has 11 heteroatoms. The van der Waals surface area contributed by atoms with E-state index in [9.17, 15) is 26.4 Å². The van der Waals surface area contributed by atoms with Crippen molar-refractivity contribution in [2.24, 2.45) is 0 Å². The van der Waals surface area contributed by atoms with Crippen LogP contribution in [0.1, 0.15) is 36.5 Å². The molecular weight excluding hydrogens is 449 g/mol. The number of sulfonamides is 1. The molecular formula is C21H23F3N2O5S. The lowest BCUT2D eigenvalue weighted by molar-refractivity contribution is -0.274. The van der Waals surface area contributed by atoms with Crippen LogP contribution in [0.4, 0.5) is 18.9 Å². The maximum absolute atomic E-state index is 13.3. The van der Waals surface area contributed by atoms with Crippen LogP contribution in [0, 0.1) is 0 Å². The number of methoxy groups -OCH3 is 1. The van der Waals surface area contributed by atoms with Gasteiger partial charge >= 0.3 is 6.36 Å². The lowest BCUT2D eigenvalue weighted by Crippen LogP contribution is -2.42. The molecule has 174 valence electrons. The topological polar surface area (TPSA) is 84.9 Å². The van der Waals surface area contributed by atoms with E-state index in [-0.39, 0.29) is 27.9 Å². The number of nitrogens with zero attached hydrogens (tertiary/aromatic N) is 1. The van der Waals surface area contributed by atoms with E-state index in [1.807, 2.05) is 6.92 Å². The van der Waals surface area contributed by atoms with E-state index in [0.717, 1.165) is 31.4 Å². The van der Waals surface area contributed by atoms with Gasteiger partial charge in [0.05, 0.1) is 7.11 Å². The van der Waals surface area contributed by atoms with Gasteiger partial charge in [-0.3, -0.25) is 4.79 Å². The molecule has 1 N–H and O–H groups in total. The van der Waals surface area contributed by atoms with Crippen LogP contribution in [-0.2, 0) is 10.0 Å². The predicted octanol–water partition coefficient (Wildman–Crippen LogP) is 4.41. The molecule has 1 amide bonds.